The lowest BCUT2D eigenvalue weighted by atomic mass is 10.1. The topological polar surface area (TPSA) is 52.5 Å². The molecular formula is C18H15N3OS. The van der Waals surface area contributed by atoms with Crippen molar-refractivity contribution in [2.75, 3.05) is 12.8 Å². The van der Waals surface area contributed by atoms with Crippen LogP contribution in [0.25, 0.3) is 27.5 Å². The van der Waals surface area contributed by atoms with Gasteiger partial charge in [-0.2, -0.15) is 0 Å². The van der Waals surface area contributed by atoms with Gasteiger partial charge in [-0.3, -0.25) is 4.40 Å². The highest BCUT2D eigenvalue weighted by atomic mass is 32.1. The summed E-state index contributed by atoms with van der Waals surface area (Å²) in [6.45, 7) is 0. The zero-order valence-electron chi connectivity index (χ0n) is 12.6. The van der Waals surface area contributed by atoms with Crippen molar-refractivity contribution in [1.29, 1.82) is 0 Å². The molecule has 0 atom stereocenters. The number of anilines is 1. The van der Waals surface area contributed by atoms with Crippen LogP contribution in [0.2, 0.25) is 0 Å². The van der Waals surface area contributed by atoms with Crippen molar-refractivity contribution in [1.82, 2.24) is 9.38 Å². The fourth-order valence-corrected chi connectivity index (χ4v) is 3.49. The predicted octanol–water partition coefficient (Wildman–Crippen LogP) is 4.32. The van der Waals surface area contributed by atoms with Gasteiger partial charge in [0, 0.05) is 28.4 Å². The second kappa shape index (κ2) is 5.44. The van der Waals surface area contributed by atoms with E-state index in [1.54, 1.807) is 18.4 Å². The van der Waals surface area contributed by atoms with E-state index in [-0.39, 0.29) is 0 Å². The molecule has 0 saturated carbocycles. The monoisotopic (exact) mass is 321 g/mol. The summed E-state index contributed by atoms with van der Waals surface area (Å²) in [5.74, 6) is 0.845. The molecule has 4 aromatic rings. The average molecular weight is 321 g/mol. The van der Waals surface area contributed by atoms with Crippen molar-refractivity contribution in [3.8, 4) is 28.3 Å². The van der Waals surface area contributed by atoms with Crippen molar-refractivity contribution in [2.45, 2.75) is 0 Å². The molecule has 0 spiro atoms. The van der Waals surface area contributed by atoms with E-state index in [9.17, 15) is 0 Å². The highest BCUT2D eigenvalue weighted by Crippen LogP contribution is 2.31. The number of nitrogens with zero attached hydrogens (tertiary/aromatic N) is 2. The number of imidazole rings is 1. The number of hydrogen-bond donors (Lipinski definition) is 1. The molecule has 0 bridgehead atoms. The number of nitrogen functional groups attached to an aromatic ring is 1. The van der Waals surface area contributed by atoms with E-state index in [4.69, 9.17) is 15.5 Å². The number of fused-ring (bicyclic) bond motifs is 1. The minimum Gasteiger partial charge on any atom is -0.497 e. The summed E-state index contributed by atoms with van der Waals surface area (Å²) >= 11 is 1.62. The third kappa shape index (κ3) is 2.45. The number of benzene rings is 2. The first-order chi connectivity index (χ1) is 11.2. The first-order valence-electron chi connectivity index (χ1n) is 7.21. The van der Waals surface area contributed by atoms with Gasteiger partial charge < -0.3 is 10.5 Å². The Morgan fingerprint density at radius 2 is 1.91 bits per heavy atom. The quantitative estimate of drug-likeness (QED) is 0.572. The molecule has 5 heteroatoms. The molecule has 2 heterocycles. The van der Waals surface area contributed by atoms with Gasteiger partial charge in [0.2, 0.25) is 0 Å². The van der Waals surface area contributed by atoms with E-state index in [1.807, 2.05) is 42.5 Å². The maximum Gasteiger partial charge on any atom is 0.194 e. The summed E-state index contributed by atoms with van der Waals surface area (Å²) < 4.78 is 7.43. The molecule has 0 aliphatic rings. The summed E-state index contributed by atoms with van der Waals surface area (Å²) in [4.78, 5) is 5.67. The van der Waals surface area contributed by atoms with Gasteiger partial charge in [0.15, 0.2) is 4.96 Å². The average Bonchev–Trinajstić information content (AvgIpc) is 3.15. The van der Waals surface area contributed by atoms with Crippen LogP contribution in [-0.2, 0) is 0 Å². The van der Waals surface area contributed by atoms with E-state index in [2.05, 4.69) is 22.0 Å². The Balaban J connectivity index is 1.83. The first-order valence-corrected chi connectivity index (χ1v) is 8.09. The number of rotatable bonds is 3. The van der Waals surface area contributed by atoms with E-state index >= 15 is 0 Å². The van der Waals surface area contributed by atoms with E-state index in [0.717, 1.165) is 38.9 Å². The van der Waals surface area contributed by atoms with Gasteiger partial charge in [-0.25, -0.2) is 4.98 Å². The molecule has 4 nitrogen and oxygen atoms in total. The second-order valence-electron chi connectivity index (χ2n) is 5.26. The minimum absolute atomic E-state index is 0.742. The molecule has 2 aromatic carbocycles. The maximum absolute atomic E-state index is 5.87. The van der Waals surface area contributed by atoms with Gasteiger partial charge in [-0.15, -0.1) is 11.3 Å². The van der Waals surface area contributed by atoms with Crippen molar-refractivity contribution in [3.63, 3.8) is 0 Å². The fraction of sp³-hybridized carbons (Fsp3) is 0.0556. The summed E-state index contributed by atoms with van der Waals surface area (Å²) in [7, 11) is 1.68. The molecule has 0 aliphatic heterocycles. The third-order valence-electron chi connectivity index (χ3n) is 3.76. The van der Waals surface area contributed by atoms with Gasteiger partial charge in [0.1, 0.15) is 5.75 Å². The van der Waals surface area contributed by atoms with Crippen molar-refractivity contribution in [2.24, 2.45) is 0 Å². The minimum atomic E-state index is 0.742. The molecule has 0 aliphatic carbocycles. The number of ether oxygens (including phenoxy) is 1. The molecule has 0 fully saturated rings. The van der Waals surface area contributed by atoms with Gasteiger partial charge in [0.25, 0.3) is 0 Å². The molecule has 0 amide bonds. The molecule has 0 unspecified atom stereocenters. The van der Waals surface area contributed by atoms with Gasteiger partial charge in [0.05, 0.1) is 18.5 Å². The van der Waals surface area contributed by atoms with Crippen LogP contribution in [0.15, 0.2) is 60.1 Å². The summed E-state index contributed by atoms with van der Waals surface area (Å²) in [5, 5.41) is 2.11. The van der Waals surface area contributed by atoms with Gasteiger partial charge in [-0.05, 0) is 24.3 Å². The molecule has 2 N–H and O–H groups in total. The Morgan fingerprint density at radius 3 is 2.74 bits per heavy atom. The molecule has 0 radical (unpaired) electrons. The molecule has 2 aromatic heterocycles. The van der Waals surface area contributed by atoms with E-state index in [1.165, 1.54) is 0 Å². The van der Waals surface area contributed by atoms with Crippen LogP contribution in [0.1, 0.15) is 0 Å². The SMILES string of the molecule is COc1cccc(-c2csc3nc(-c4cccc(N)c4)cn23)c1. The Kier molecular flexibility index (Phi) is 3.28. The number of hydrogen-bond acceptors (Lipinski definition) is 4. The molecule has 23 heavy (non-hydrogen) atoms. The summed E-state index contributed by atoms with van der Waals surface area (Å²) in [6, 6.07) is 15.8. The highest BCUT2D eigenvalue weighted by Gasteiger charge is 2.11. The first kappa shape index (κ1) is 13.8. The lowest BCUT2D eigenvalue weighted by Gasteiger charge is -2.03. The molecule has 0 saturated heterocycles. The van der Waals surface area contributed by atoms with Crippen LogP contribution in [0.4, 0.5) is 5.69 Å². The second-order valence-corrected chi connectivity index (χ2v) is 6.09. The lowest BCUT2D eigenvalue weighted by molar-refractivity contribution is 0.415. The summed E-state index contributed by atoms with van der Waals surface area (Å²) in [5.41, 5.74) is 10.8. The molecule has 4 rings (SSSR count). The largest absolute Gasteiger partial charge is 0.497 e. The number of aromatic nitrogens is 2. The van der Waals surface area contributed by atoms with Gasteiger partial charge in [-0.1, -0.05) is 24.3 Å². The van der Waals surface area contributed by atoms with Crippen molar-refractivity contribution in [3.05, 3.63) is 60.1 Å². The predicted molar refractivity (Wildman–Crippen MR) is 94.9 cm³/mol. The van der Waals surface area contributed by atoms with Crippen LogP contribution in [-0.4, -0.2) is 16.5 Å². The Bertz CT molecular complexity index is 987. The number of methoxy groups -OCH3 is 1. The number of thiazole rings is 1. The van der Waals surface area contributed by atoms with E-state index in [0.29, 0.717) is 0 Å². The normalized spacial score (nSPS) is 11.0. The lowest BCUT2D eigenvalue weighted by Crippen LogP contribution is -1.87. The zero-order chi connectivity index (χ0) is 15.8. The standard InChI is InChI=1S/C18H15N3OS/c1-22-15-7-3-5-13(9-15)17-11-23-18-20-16(10-21(17)18)12-4-2-6-14(19)8-12/h2-11H,19H2,1H3. The Hall–Kier alpha value is -2.79. The third-order valence-corrected chi connectivity index (χ3v) is 4.60. The van der Waals surface area contributed by atoms with Crippen LogP contribution in [0, 0.1) is 0 Å². The molecular weight excluding hydrogens is 306 g/mol. The van der Waals surface area contributed by atoms with Crippen molar-refractivity contribution < 1.29 is 4.74 Å². The van der Waals surface area contributed by atoms with E-state index < -0.39 is 0 Å². The van der Waals surface area contributed by atoms with Crippen LogP contribution >= 0.6 is 11.3 Å². The highest BCUT2D eigenvalue weighted by molar-refractivity contribution is 7.15. The maximum atomic E-state index is 5.87. The fourth-order valence-electron chi connectivity index (χ4n) is 2.61. The van der Waals surface area contributed by atoms with Crippen LogP contribution in [0.3, 0.4) is 0 Å². The molecule has 114 valence electrons. The number of nitrogens with two attached hydrogens (primary N) is 1. The van der Waals surface area contributed by atoms with Gasteiger partial charge >= 0.3 is 0 Å². The smallest absolute Gasteiger partial charge is 0.194 e. The Labute approximate surface area is 137 Å². The Morgan fingerprint density at radius 1 is 1.09 bits per heavy atom. The summed E-state index contributed by atoms with van der Waals surface area (Å²) in [6.07, 6.45) is 2.05. The van der Waals surface area contributed by atoms with Crippen LogP contribution < -0.4 is 10.5 Å². The van der Waals surface area contributed by atoms with Crippen molar-refractivity contribution >= 4 is 22.0 Å². The van der Waals surface area contributed by atoms with Crippen LogP contribution in [0.5, 0.6) is 5.75 Å². The zero-order valence-corrected chi connectivity index (χ0v) is 13.4.